The lowest BCUT2D eigenvalue weighted by Crippen LogP contribution is -2.52. The molecule has 346 valence electrons. The number of carbonyl (C=O) groups excluding carboxylic acids is 3. The van der Waals surface area contributed by atoms with Gasteiger partial charge in [0.2, 0.25) is 11.9 Å². The predicted molar refractivity (Wildman–Crippen MR) is 254 cm³/mol. The van der Waals surface area contributed by atoms with Gasteiger partial charge in [-0.3, -0.25) is 24.0 Å². The van der Waals surface area contributed by atoms with Gasteiger partial charge in [-0.15, -0.1) is 0 Å². The highest BCUT2D eigenvalue weighted by Gasteiger charge is 2.45. The molecule has 3 fully saturated rings. The Hall–Kier alpha value is -6.11. The number of ether oxygens (including phenoxy) is 1. The average molecular weight is 894 g/mol. The molecule has 66 heavy (non-hydrogen) atoms. The molecule has 0 radical (unpaired) electrons. The van der Waals surface area contributed by atoms with Gasteiger partial charge in [-0.1, -0.05) is 31.0 Å². The van der Waals surface area contributed by atoms with E-state index in [9.17, 15) is 19.6 Å². The minimum absolute atomic E-state index is 0.0760. The smallest absolute Gasteiger partial charge is 0.264 e. The Kier molecular flexibility index (Phi) is 13.0. The third-order valence-corrected chi connectivity index (χ3v) is 14.3. The topological polar surface area (TPSA) is 186 Å². The van der Waals surface area contributed by atoms with Gasteiger partial charge in [-0.05, 0) is 140 Å². The summed E-state index contributed by atoms with van der Waals surface area (Å²) in [5.41, 5.74) is 5.25. The second-order valence-electron chi connectivity index (χ2n) is 20.0. The number of amides is 3. The van der Waals surface area contributed by atoms with Crippen molar-refractivity contribution >= 4 is 46.1 Å². The van der Waals surface area contributed by atoms with Crippen LogP contribution in [0.1, 0.15) is 137 Å². The molecule has 0 spiro atoms. The Bertz CT molecular complexity index is 2590. The number of rotatable bonds is 17. The van der Waals surface area contributed by atoms with Crippen molar-refractivity contribution < 1.29 is 19.1 Å². The van der Waals surface area contributed by atoms with Crippen molar-refractivity contribution in [2.45, 2.75) is 127 Å². The van der Waals surface area contributed by atoms with Crippen LogP contribution in [0, 0.1) is 17.2 Å². The molecule has 2 atom stereocenters. The maximum Gasteiger partial charge on any atom is 0.264 e. The van der Waals surface area contributed by atoms with E-state index in [4.69, 9.17) is 19.8 Å². The number of nitrogens with one attached hydrogen (secondary N) is 4. The predicted octanol–water partition coefficient (Wildman–Crippen LogP) is 8.73. The van der Waals surface area contributed by atoms with E-state index in [1.165, 1.54) is 18.4 Å². The van der Waals surface area contributed by atoms with Crippen LogP contribution >= 0.6 is 0 Å². The number of anilines is 3. The maximum absolute atomic E-state index is 13.6. The lowest BCUT2D eigenvalue weighted by molar-refractivity contribution is -0.126. The van der Waals surface area contributed by atoms with Crippen LogP contribution in [0.5, 0.6) is 0 Å². The molecule has 9 rings (SSSR count). The van der Waals surface area contributed by atoms with Crippen molar-refractivity contribution in [3.8, 4) is 17.3 Å². The Labute approximate surface area is 387 Å². The van der Waals surface area contributed by atoms with Gasteiger partial charge in [-0.2, -0.15) is 15.3 Å². The highest BCUT2D eigenvalue weighted by atomic mass is 16.5. The fourth-order valence-corrected chi connectivity index (χ4v) is 10.4. The molecule has 3 aromatic heterocycles. The molecule has 6 heterocycles. The Balaban J connectivity index is 0.738. The van der Waals surface area contributed by atoms with Gasteiger partial charge >= 0.3 is 0 Å². The minimum atomic E-state index is -0.777. The number of hydrogen-bond donors (Lipinski definition) is 4. The zero-order valence-corrected chi connectivity index (χ0v) is 38.7. The summed E-state index contributed by atoms with van der Waals surface area (Å²) in [6, 6.07) is 17.6. The van der Waals surface area contributed by atoms with Gasteiger partial charge in [0.25, 0.3) is 11.8 Å². The van der Waals surface area contributed by atoms with Crippen molar-refractivity contribution in [1.82, 2.24) is 39.8 Å². The van der Waals surface area contributed by atoms with Crippen molar-refractivity contribution in [1.29, 1.82) is 5.26 Å². The molecule has 0 bridgehead atoms. The van der Waals surface area contributed by atoms with Gasteiger partial charge in [0.05, 0.1) is 47.2 Å². The van der Waals surface area contributed by atoms with Crippen LogP contribution in [-0.4, -0.2) is 102 Å². The normalized spacial score (nSPS) is 19.3. The standard InChI is InChI=1S/C51H63N11O4/c1-50(2,59-40-12-7-11-38-43(40)48(65)62(47(38)64)42-13-8-25-54-46(42)63)23-30-66-51(3,4)22-29-60-27-20-34(21-28-60)33-14-16-37(17-15-33)56-49-57-44(39-19-26-53-45(39)58-49)36-31-55-61(32-36)41(18-24-52)35-9-5-6-10-35/h7,11-12,14-17,19,26,31-32,34-35,41-42,59H,5-6,8-10,13,18,20-23,25,27-30H2,1-4H3,(H,54,63)(H2,53,56,57,58). The summed E-state index contributed by atoms with van der Waals surface area (Å²) < 4.78 is 8.47. The van der Waals surface area contributed by atoms with E-state index in [1.54, 1.807) is 12.1 Å². The Morgan fingerprint density at radius 3 is 2.47 bits per heavy atom. The molecule has 2 unspecified atom stereocenters. The van der Waals surface area contributed by atoms with E-state index in [1.807, 2.05) is 35.4 Å². The molecule has 5 aromatic rings. The zero-order valence-electron chi connectivity index (χ0n) is 38.7. The molecule has 1 saturated carbocycles. The number of piperidine rings is 2. The van der Waals surface area contributed by atoms with Crippen molar-refractivity contribution in [2.24, 2.45) is 5.92 Å². The number of nitrogens with zero attached hydrogens (tertiary/aromatic N) is 7. The van der Waals surface area contributed by atoms with Gasteiger partial charge < -0.3 is 30.6 Å². The van der Waals surface area contributed by atoms with E-state index in [2.05, 4.69) is 83.9 Å². The summed E-state index contributed by atoms with van der Waals surface area (Å²) in [5, 5.41) is 25.0. The van der Waals surface area contributed by atoms with E-state index in [0.717, 1.165) is 91.0 Å². The second kappa shape index (κ2) is 19.0. The first-order chi connectivity index (χ1) is 31.9. The number of likely N-dealkylation sites (tertiary alicyclic amines) is 1. The highest BCUT2D eigenvalue weighted by molar-refractivity contribution is 6.25. The molecule has 1 aliphatic carbocycles. The number of carbonyl (C=O) groups is 3. The molecule has 15 heteroatoms. The quantitative estimate of drug-likeness (QED) is 0.0654. The number of aromatic amines is 1. The summed E-state index contributed by atoms with van der Waals surface area (Å²) in [6.07, 6.45) is 15.9. The number of aromatic nitrogens is 5. The summed E-state index contributed by atoms with van der Waals surface area (Å²) in [5.74, 6) is 0.375. The van der Waals surface area contributed by atoms with Crippen LogP contribution in [0.25, 0.3) is 22.3 Å². The Morgan fingerprint density at radius 1 is 0.924 bits per heavy atom. The van der Waals surface area contributed by atoms with Crippen LogP contribution in [0.3, 0.4) is 0 Å². The third kappa shape index (κ3) is 9.71. The average Bonchev–Trinajstić information content (AvgIpc) is 4.14. The maximum atomic E-state index is 13.6. The highest BCUT2D eigenvalue weighted by Crippen LogP contribution is 2.38. The van der Waals surface area contributed by atoms with E-state index in [0.29, 0.717) is 67.0 Å². The fraction of sp³-hybridized carbons (Fsp3) is 0.510. The van der Waals surface area contributed by atoms with Crippen LogP contribution in [0.15, 0.2) is 67.1 Å². The molecule has 3 amide bonds. The molecule has 4 N–H and O–H groups in total. The number of H-pyrrole nitrogens is 1. The molecule has 2 aromatic carbocycles. The molecule has 3 aliphatic heterocycles. The van der Waals surface area contributed by atoms with Crippen molar-refractivity contribution in [3.05, 3.63) is 83.8 Å². The lowest BCUT2D eigenvalue weighted by atomic mass is 9.89. The van der Waals surface area contributed by atoms with E-state index < -0.39 is 23.4 Å². The molecular formula is C51H63N11O4. The monoisotopic (exact) mass is 894 g/mol. The van der Waals surface area contributed by atoms with Gasteiger partial charge in [0.1, 0.15) is 11.7 Å². The van der Waals surface area contributed by atoms with E-state index in [-0.39, 0.29) is 17.6 Å². The number of nitriles is 1. The Morgan fingerprint density at radius 2 is 1.71 bits per heavy atom. The SMILES string of the molecule is CC(C)(CCOC(C)(C)CCN1CCC(c2ccc(Nc3nc(-c4cnn(C(CC#N)C5CCCC5)c4)c4cc[nH]c4n3)cc2)CC1)Nc1cccc2c1C(=O)N(C1CCCNC1=O)C2=O. The third-order valence-electron chi connectivity index (χ3n) is 14.3. The summed E-state index contributed by atoms with van der Waals surface area (Å²) in [7, 11) is 0. The van der Waals surface area contributed by atoms with Crippen LogP contribution in [0.4, 0.5) is 17.3 Å². The summed E-state index contributed by atoms with van der Waals surface area (Å²) in [4.78, 5) is 56.3. The van der Waals surface area contributed by atoms with Crippen molar-refractivity contribution in [2.75, 3.05) is 43.4 Å². The number of imide groups is 1. The molecular weight excluding hydrogens is 831 g/mol. The first-order valence-electron chi connectivity index (χ1n) is 23.9. The molecule has 15 nitrogen and oxygen atoms in total. The van der Waals surface area contributed by atoms with Gasteiger partial charge in [-0.25, -0.2) is 4.98 Å². The van der Waals surface area contributed by atoms with Crippen LogP contribution in [0.2, 0.25) is 0 Å². The molecule has 4 aliphatic rings. The fourth-order valence-electron chi connectivity index (χ4n) is 10.4. The first-order valence-corrected chi connectivity index (χ1v) is 23.9. The van der Waals surface area contributed by atoms with E-state index >= 15 is 0 Å². The summed E-state index contributed by atoms with van der Waals surface area (Å²) >= 11 is 0. The summed E-state index contributed by atoms with van der Waals surface area (Å²) in [6.45, 7) is 12.6. The van der Waals surface area contributed by atoms with Crippen molar-refractivity contribution in [3.63, 3.8) is 0 Å². The number of benzene rings is 2. The second-order valence-corrected chi connectivity index (χ2v) is 20.0. The minimum Gasteiger partial charge on any atom is -0.379 e. The largest absolute Gasteiger partial charge is 0.379 e. The van der Waals surface area contributed by atoms with Crippen LogP contribution in [-0.2, 0) is 9.53 Å². The molecule has 2 saturated heterocycles. The first kappa shape index (κ1) is 45.1. The zero-order chi connectivity index (χ0) is 46.0. The van der Waals surface area contributed by atoms with Gasteiger partial charge in [0.15, 0.2) is 0 Å². The van der Waals surface area contributed by atoms with Gasteiger partial charge in [0, 0.05) is 60.0 Å². The number of hydrogen-bond acceptors (Lipinski definition) is 11. The van der Waals surface area contributed by atoms with Crippen LogP contribution < -0.4 is 16.0 Å². The lowest BCUT2D eigenvalue weighted by Gasteiger charge is -2.35. The number of fused-ring (bicyclic) bond motifs is 2.